The predicted molar refractivity (Wildman–Crippen MR) is 135 cm³/mol. The van der Waals surface area contributed by atoms with Crippen molar-refractivity contribution in [2.24, 2.45) is 33.8 Å². The lowest BCUT2D eigenvalue weighted by Gasteiger charge is -2.26. The van der Waals surface area contributed by atoms with Crippen LogP contribution in [0.2, 0.25) is 0 Å². The van der Waals surface area contributed by atoms with Crippen LogP contribution >= 0.6 is 0 Å². The van der Waals surface area contributed by atoms with E-state index < -0.39 is 54.0 Å². The average molecular weight is 517 g/mol. The molecule has 0 aliphatic rings. The number of hydrogen-bond donors (Lipinski definition) is 9. The van der Waals surface area contributed by atoms with E-state index >= 15 is 0 Å². The fraction of sp³-hybridized carbons (Fsp3) is 0.773. The molecule has 0 rings (SSSR count). The number of carbonyl (C=O) groups excluding carboxylic acids is 3. The van der Waals surface area contributed by atoms with Crippen LogP contribution < -0.4 is 38.9 Å². The number of carbonyl (C=O) groups is 4. The van der Waals surface area contributed by atoms with Crippen LogP contribution in [-0.4, -0.2) is 83.2 Å². The smallest absolute Gasteiger partial charge is 0.326 e. The van der Waals surface area contributed by atoms with Crippen molar-refractivity contribution in [3.63, 3.8) is 0 Å². The first-order valence-electron chi connectivity index (χ1n) is 12.1. The van der Waals surface area contributed by atoms with Crippen molar-refractivity contribution in [3.8, 4) is 0 Å². The van der Waals surface area contributed by atoms with Gasteiger partial charge in [-0.3, -0.25) is 19.4 Å². The number of nitrogens with two attached hydrogens (primary N) is 4. The lowest BCUT2D eigenvalue weighted by Crippen LogP contribution is -2.59. The maximum atomic E-state index is 12.9. The molecule has 0 aromatic rings. The second-order valence-corrected chi connectivity index (χ2v) is 9.16. The van der Waals surface area contributed by atoms with Crippen LogP contribution in [0.25, 0.3) is 0 Å². The maximum absolute atomic E-state index is 12.9. The Labute approximate surface area is 212 Å². The third-order valence-electron chi connectivity index (χ3n) is 5.27. The highest BCUT2D eigenvalue weighted by Crippen LogP contribution is 2.08. The second kappa shape index (κ2) is 17.5. The lowest BCUT2D eigenvalue weighted by molar-refractivity contribution is -0.143. The van der Waals surface area contributed by atoms with Crippen LogP contribution in [0.4, 0.5) is 0 Å². The standard InChI is InChI=1S/C22H44N8O6/c1-12(2)11-16(21(35)36)29-19(33)15(8-4-5-9-23)28-20(34)17(13(3)31)30-18(32)14(24)7-6-10-27-22(25)26/h12-17,31H,4-11,23-24H2,1-3H3,(H,28,34)(H,29,33)(H,30,32)(H,35,36)(H4,25,26,27). The van der Waals surface area contributed by atoms with Gasteiger partial charge in [0.1, 0.15) is 18.1 Å². The highest BCUT2D eigenvalue weighted by Gasteiger charge is 2.32. The Kier molecular flexibility index (Phi) is 16.0. The Balaban J connectivity index is 5.34. The number of carboxylic acids is 1. The molecule has 0 aromatic heterocycles. The zero-order chi connectivity index (χ0) is 27.8. The monoisotopic (exact) mass is 516 g/mol. The summed E-state index contributed by atoms with van der Waals surface area (Å²) >= 11 is 0. The normalized spacial score (nSPS) is 15.2. The molecule has 0 radical (unpaired) electrons. The minimum Gasteiger partial charge on any atom is -0.480 e. The van der Waals surface area contributed by atoms with E-state index in [9.17, 15) is 29.4 Å². The number of aliphatic hydroxyl groups excluding tert-OH is 1. The third-order valence-corrected chi connectivity index (χ3v) is 5.27. The van der Waals surface area contributed by atoms with Crippen molar-refractivity contribution < 1.29 is 29.4 Å². The summed E-state index contributed by atoms with van der Waals surface area (Å²) in [6, 6.07) is -4.60. The van der Waals surface area contributed by atoms with Crippen molar-refractivity contribution in [1.29, 1.82) is 0 Å². The Morgan fingerprint density at radius 3 is 1.97 bits per heavy atom. The molecule has 36 heavy (non-hydrogen) atoms. The van der Waals surface area contributed by atoms with Gasteiger partial charge in [0.2, 0.25) is 17.7 Å². The zero-order valence-electron chi connectivity index (χ0n) is 21.4. The molecule has 0 fully saturated rings. The summed E-state index contributed by atoms with van der Waals surface area (Å²) in [5.41, 5.74) is 21.9. The number of nitrogens with one attached hydrogen (secondary N) is 3. The van der Waals surface area contributed by atoms with Gasteiger partial charge in [-0.05, 0) is 57.9 Å². The Morgan fingerprint density at radius 1 is 0.861 bits per heavy atom. The quantitative estimate of drug-likeness (QED) is 0.0523. The van der Waals surface area contributed by atoms with Crippen LogP contribution in [-0.2, 0) is 19.2 Å². The minimum atomic E-state index is -1.39. The molecule has 3 amide bonds. The first-order valence-corrected chi connectivity index (χ1v) is 12.1. The SMILES string of the molecule is CC(C)CC(NC(=O)C(CCCCN)NC(=O)C(NC(=O)C(N)CCCN=C(N)N)C(C)O)C(=O)O. The fourth-order valence-corrected chi connectivity index (χ4v) is 3.30. The topological polar surface area (TPSA) is 261 Å². The molecule has 0 saturated heterocycles. The third kappa shape index (κ3) is 13.8. The van der Waals surface area contributed by atoms with Crippen molar-refractivity contribution in [2.75, 3.05) is 13.1 Å². The van der Waals surface area contributed by atoms with Gasteiger partial charge in [-0.2, -0.15) is 0 Å². The first-order chi connectivity index (χ1) is 16.8. The van der Waals surface area contributed by atoms with E-state index in [-0.39, 0.29) is 37.7 Å². The van der Waals surface area contributed by atoms with E-state index in [1.165, 1.54) is 6.92 Å². The maximum Gasteiger partial charge on any atom is 0.326 e. The van der Waals surface area contributed by atoms with Crippen molar-refractivity contribution >= 4 is 29.7 Å². The van der Waals surface area contributed by atoms with Crippen LogP contribution in [0, 0.1) is 5.92 Å². The molecule has 5 atom stereocenters. The second-order valence-electron chi connectivity index (χ2n) is 9.16. The molecule has 0 saturated carbocycles. The summed E-state index contributed by atoms with van der Waals surface area (Å²) in [5.74, 6) is -3.42. The van der Waals surface area contributed by atoms with Gasteiger partial charge in [0.15, 0.2) is 5.96 Å². The van der Waals surface area contributed by atoms with Gasteiger partial charge in [-0.15, -0.1) is 0 Å². The molecular formula is C22H44N8O6. The molecule has 14 nitrogen and oxygen atoms in total. The van der Waals surface area contributed by atoms with Gasteiger partial charge in [0.05, 0.1) is 12.1 Å². The first kappa shape index (κ1) is 33.0. The van der Waals surface area contributed by atoms with E-state index in [0.717, 1.165) is 0 Å². The number of aliphatic carboxylic acids is 1. The number of nitrogens with zero attached hydrogens (tertiary/aromatic N) is 1. The van der Waals surface area contributed by atoms with Crippen molar-refractivity contribution in [1.82, 2.24) is 16.0 Å². The molecule has 0 aromatic carbocycles. The van der Waals surface area contributed by atoms with E-state index in [2.05, 4.69) is 20.9 Å². The summed E-state index contributed by atoms with van der Waals surface area (Å²) in [6.45, 7) is 5.60. The zero-order valence-corrected chi connectivity index (χ0v) is 21.4. The van der Waals surface area contributed by atoms with Gasteiger partial charge in [0.25, 0.3) is 0 Å². The Hall–Kier alpha value is -2.97. The molecule has 0 aliphatic heterocycles. The lowest BCUT2D eigenvalue weighted by atomic mass is 10.0. The summed E-state index contributed by atoms with van der Waals surface area (Å²) in [6.07, 6.45) is 0.812. The highest BCUT2D eigenvalue weighted by molar-refractivity contribution is 5.94. The van der Waals surface area contributed by atoms with E-state index in [0.29, 0.717) is 25.8 Å². The summed E-state index contributed by atoms with van der Waals surface area (Å²) in [5, 5.41) is 26.9. The molecule has 0 spiro atoms. The molecule has 14 heteroatoms. The molecule has 0 aliphatic carbocycles. The average Bonchev–Trinajstić information content (AvgIpc) is 2.77. The van der Waals surface area contributed by atoms with E-state index in [1.54, 1.807) is 0 Å². The van der Waals surface area contributed by atoms with Gasteiger partial charge in [-0.1, -0.05) is 13.8 Å². The summed E-state index contributed by atoms with van der Waals surface area (Å²) in [7, 11) is 0. The fourth-order valence-electron chi connectivity index (χ4n) is 3.30. The molecule has 0 heterocycles. The van der Waals surface area contributed by atoms with E-state index in [1.807, 2.05) is 13.8 Å². The minimum absolute atomic E-state index is 0.00943. The van der Waals surface area contributed by atoms with E-state index in [4.69, 9.17) is 22.9 Å². The molecule has 208 valence electrons. The Morgan fingerprint density at radius 2 is 1.47 bits per heavy atom. The summed E-state index contributed by atoms with van der Waals surface area (Å²) in [4.78, 5) is 53.6. The van der Waals surface area contributed by atoms with Crippen LogP contribution in [0.15, 0.2) is 4.99 Å². The highest BCUT2D eigenvalue weighted by atomic mass is 16.4. The predicted octanol–water partition coefficient (Wildman–Crippen LogP) is -2.54. The van der Waals surface area contributed by atoms with Gasteiger partial charge in [0, 0.05) is 6.54 Å². The number of guanidine groups is 1. The number of amides is 3. The van der Waals surface area contributed by atoms with Gasteiger partial charge < -0.3 is 49.1 Å². The number of hydrogen-bond acceptors (Lipinski definition) is 8. The number of aliphatic hydroxyl groups is 1. The van der Waals surface area contributed by atoms with Crippen LogP contribution in [0.1, 0.15) is 59.3 Å². The molecule has 13 N–H and O–H groups in total. The molecule has 0 bridgehead atoms. The number of unbranched alkanes of at least 4 members (excludes halogenated alkanes) is 1. The summed E-state index contributed by atoms with van der Waals surface area (Å²) < 4.78 is 0. The number of carboxylic acid groups (broad SMARTS) is 1. The number of aliphatic imine (C=N–C) groups is 1. The van der Waals surface area contributed by atoms with Crippen LogP contribution in [0.3, 0.4) is 0 Å². The molecule has 5 unspecified atom stereocenters. The Bertz CT molecular complexity index is 742. The largest absolute Gasteiger partial charge is 0.480 e. The van der Waals surface area contributed by atoms with Gasteiger partial charge in [-0.25, -0.2) is 4.79 Å². The number of rotatable bonds is 18. The van der Waals surface area contributed by atoms with Crippen molar-refractivity contribution in [2.45, 2.75) is 89.6 Å². The van der Waals surface area contributed by atoms with Gasteiger partial charge >= 0.3 is 5.97 Å². The van der Waals surface area contributed by atoms with Crippen molar-refractivity contribution in [3.05, 3.63) is 0 Å². The van der Waals surface area contributed by atoms with Crippen LogP contribution in [0.5, 0.6) is 0 Å². The molecular weight excluding hydrogens is 472 g/mol.